The van der Waals surface area contributed by atoms with Gasteiger partial charge in [-0.05, 0) is 5.56 Å². The fourth-order valence-electron chi connectivity index (χ4n) is 1.12. The van der Waals surface area contributed by atoms with E-state index in [2.05, 4.69) is 0 Å². The summed E-state index contributed by atoms with van der Waals surface area (Å²) >= 11 is 0. The van der Waals surface area contributed by atoms with E-state index < -0.39 is 18.1 Å². The van der Waals surface area contributed by atoms with Gasteiger partial charge in [0.15, 0.2) is 5.92 Å². The second kappa shape index (κ2) is 4.79. The Hall–Kier alpha value is -1.56. The van der Waals surface area contributed by atoms with Crippen LogP contribution in [0.15, 0.2) is 30.3 Å². The predicted molar refractivity (Wildman–Crippen MR) is 46.5 cm³/mol. The second-order valence-electron chi connectivity index (χ2n) is 2.72. The van der Waals surface area contributed by atoms with Crippen molar-refractivity contribution < 1.29 is 28.5 Å². The molecule has 6 heteroatoms. The van der Waals surface area contributed by atoms with Crippen molar-refractivity contribution >= 4 is 5.97 Å². The van der Waals surface area contributed by atoms with Crippen molar-refractivity contribution in [2.75, 3.05) is 0 Å². The summed E-state index contributed by atoms with van der Waals surface area (Å²) in [6.07, 6.45) is -4.76. The van der Waals surface area contributed by atoms with Crippen LogP contribution in [0.1, 0.15) is 11.5 Å². The maximum absolute atomic E-state index is 12.3. The van der Waals surface area contributed by atoms with Gasteiger partial charge < -0.3 is 10.6 Å². The van der Waals surface area contributed by atoms with E-state index in [1.807, 2.05) is 0 Å². The van der Waals surface area contributed by atoms with Gasteiger partial charge in [-0.3, -0.25) is 4.79 Å². The average molecular weight is 222 g/mol. The van der Waals surface area contributed by atoms with Crippen molar-refractivity contribution in [3.63, 3.8) is 0 Å². The molecule has 0 saturated carbocycles. The van der Waals surface area contributed by atoms with Crippen LogP contribution in [0.5, 0.6) is 0 Å². The van der Waals surface area contributed by atoms with E-state index in [9.17, 15) is 18.0 Å². The van der Waals surface area contributed by atoms with Gasteiger partial charge >= 0.3 is 12.1 Å². The molecule has 0 heterocycles. The Bertz CT molecular complexity index is 321. The highest BCUT2D eigenvalue weighted by molar-refractivity contribution is 5.77. The van der Waals surface area contributed by atoms with E-state index in [-0.39, 0.29) is 11.0 Å². The van der Waals surface area contributed by atoms with Gasteiger partial charge in [-0.2, -0.15) is 13.2 Å². The summed E-state index contributed by atoms with van der Waals surface area (Å²) in [5, 5.41) is 8.44. The zero-order valence-electron chi connectivity index (χ0n) is 7.45. The van der Waals surface area contributed by atoms with Crippen LogP contribution in [0.2, 0.25) is 0 Å². The fraction of sp³-hybridized carbons (Fsp3) is 0.222. The Labute approximate surface area is 83.5 Å². The summed E-state index contributed by atoms with van der Waals surface area (Å²) in [7, 11) is 0. The molecule has 1 atom stereocenters. The summed E-state index contributed by atoms with van der Waals surface area (Å²) in [6, 6.07) is 6.56. The molecule has 0 bridgehead atoms. The van der Waals surface area contributed by atoms with E-state index >= 15 is 0 Å². The van der Waals surface area contributed by atoms with E-state index in [0.717, 1.165) is 12.1 Å². The summed E-state index contributed by atoms with van der Waals surface area (Å²) < 4.78 is 36.8. The normalized spacial score (nSPS) is 12.7. The smallest absolute Gasteiger partial charge is 0.406 e. The Balaban J connectivity index is 0.00000196. The van der Waals surface area contributed by atoms with Gasteiger partial charge in [0.05, 0.1) is 0 Å². The first-order chi connectivity index (χ1) is 6.43. The average Bonchev–Trinajstić information content (AvgIpc) is 2.02. The molecule has 0 fully saturated rings. The van der Waals surface area contributed by atoms with Crippen molar-refractivity contribution in [1.82, 2.24) is 0 Å². The first-order valence-corrected chi connectivity index (χ1v) is 3.77. The largest absolute Gasteiger partial charge is 0.481 e. The number of aliphatic carboxylic acids is 1. The van der Waals surface area contributed by atoms with E-state index in [0.29, 0.717) is 0 Å². The second-order valence-corrected chi connectivity index (χ2v) is 2.72. The molecule has 0 saturated heterocycles. The highest BCUT2D eigenvalue weighted by Gasteiger charge is 2.46. The molecule has 0 aliphatic rings. The molecule has 0 aromatic heterocycles. The molecule has 0 spiro atoms. The highest BCUT2D eigenvalue weighted by Crippen LogP contribution is 2.34. The molecule has 84 valence electrons. The van der Waals surface area contributed by atoms with E-state index in [1.54, 1.807) is 0 Å². The zero-order chi connectivity index (χ0) is 10.8. The van der Waals surface area contributed by atoms with Crippen molar-refractivity contribution in [3.8, 4) is 0 Å². The molecule has 0 radical (unpaired) electrons. The number of hydrogen-bond donors (Lipinski definition) is 1. The maximum Gasteiger partial charge on any atom is 0.406 e. The van der Waals surface area contributed by atoms with Crippen LogP contribution in [0, 0.1) is 0 Å². The van der Waals surface area contributed by atoms with Crippen molar-refractivity contribution in [2.45, 2.75) is 12.1 Å². The Morgan fingerprint density at radius 1 is 1.20 bits per heavy atom. The number of benzene rings is 1. The number of hydrogen-bond acceptors (Lipinski definition) is 1. The van der Waals surface area contributed by atoms with Crippen molar-refractivity contribution in [1.29, 1.82) is 0 Å². The summed E-state index contributed by atoms with van der Waals surface area (Å²) in [4.78, 5) is 10.4. The lowest BCUT2D eigenvalue weighted by atomic mass is 9.99. The fourth-order valence-corrected chi connectivity index (χ4v) is 1.12. The maximum atomic E-state index is 12.3. The monoisotopic (exact) mass is 222 g/mol. The minimum Gasteiger partial charge on any atom is -0.481 e. The first kappa shape index (κ1) is 13.4. The molecule has 3 N–H and O–H groups in total. The number of alkyl halides is 3. The molecule has 1 rings (SSSR count). The quantitative estimate of drug-likeness (QED) is 0.825. The van der Waals surface area contributed by atoms with Crippen molar-refractivity contribution in [2.24, 2.45) is 0 Å². The molecule has 0 aliphatic heterocycles. The van der Waals surface area contributed by atoms with Crippen LogP contribution in [-0.4, -0.2) is 22.7 Å². The lowest BCUT2D eigenvalue weighted by Gasteiger charge is -2.15. The van der Waals surface area contributed by atoms with Crippen LogP contribution in [0.25, 0.3) is 0 Å². The molecule has 1 aromatic carbocycles. The summed E-state index contributed by atoms with van der Waals surface area (Å²) in [5.41, 5.74) is -0.257. The highest BCUT2D eigenvalue weighted by atomic mass is 19.4. The van der Waals surface area contributed by atoms with Gasteiger partial charge in [-0.15, -0.1) is 0 Å². The molecular formula is C9H9F3O3. The van der Waals surface area contributed by atoms with Gasteiger partial charge in [0.2, 0.25) is 0 Å². The van der Waals surface area contributed by atoms with E-state index in [4.69, 9.17) is 5.11 Å². The standard InChI is InChI=1S/C9H7F3O2.H2O/c10-9(11,12)7(8(13)14)6-4-2-1-3-5-6;/h1-5,7H,(H,13,14);1H2. The lowest BCUT2D eigenvalue weighted by molar-refractivity contribution is -0.176. The number of halogens is 3. The van der Waals surface area contributed by atoms with Crippen LogP contribution < -0.4 is 0 Å². The number of carbonyl (C=O) groups is 1. The molecule has 15 heavy (non-hydrogen) atoms. The van der Waals surface area contributed by atoms with Crippen LogP contribution in [0.3, 0.4) is 0 Å². The summed E-state index contributed by atoms with van der Waals surface area (Å²) in [5.74, 6) is -4.33. The zero-order valence-corrected chi connectivity index (χ0v) is 7.45. The third-order valence-electron chi connectivity index (χ3n) is 1.71. The molecule has 3 nitrogen and oxygen atoms in total. The topological polar surface area (TPSA) is 68.8 Å². The number of rotatable bonds is 2. The molecule has 0 aliphatic carbocycles. The van der Waals surface area contributed by atoms with Gasteiger partial charge in [0.1, 0.15) is 0 Å². The third kappa shape index (κ3) is 3.25. The lowest BCUT2D eigenvalue weighted by Crippen LogP contribution is -2.28. The first-order valence-electron chi connectivity index (χ1n) is 3.77. The van der Waals surface area contributed by atoms with E-state index in [1.165, 1.54) is 18.2 Å². The summed E-state index contributed by atoms with van der Waals surface area (Å²) in [6.45, 7) is 0. The molecule has 1 unspecified atom stereocenters. The Kier molecular flexibility index (Phi) is 4.29. The molecule has 1 aromatic rings. The van der Waals surface area contributed by atoms with Crippen LogP contribution in [0.4, 0.5) is 13.2 Å². The van der Waals surface area contributed by atoms with Crippen LogP contribution in [-0.2, 0) is 4.79 Å². The predicted octanol–water partition coefficient (Wildman–Crippen LogP) is 1.59. The third-order valence-corrected chi connectivity index (χ3v) is 1.71. The van der Waals surface area contributed by atoms with Crippen molar-refractivity contribution in [3.05, 3.63) is 35.9 Å². The minimum atomic E-state index is -4.76. The number of carboxylic acid groups (broad SMARTS) is 1. The number of carboxylic acids is 1. The Morgan fingerprint density at radius 2 is 1.67 bits per heavy atom. The van der Waals surface area contributed by atoms with Gasteiger partial charge in [0.25, 0.3) is 0 Å². The minimum absolute atomic E-state index is 0. The van der Waals surface area contributed by atoms with Gasteiger partial charge in [-0.1, -0.05) is 30.3 Å². The molecule has 0 amide bonds. The molecular weight excluding hydrogens is 213 g/mol. The van der Waals surface area contributed by atoms with Gasteiger partial charge in [0, 0.05) is 0 Å². The Morgan fingerprint density at radius 3 is 2.00 bits per heavy atom. The SMILES string of the molecule is O.O=C(O)C(c1ccccc1)C(F)(F)F. The van der Waals surface area contributed by atoms with Gasteiger partial charge in [-0.25, -0.2) is 0 Å². The van der Waals surface area contributed by atoms with Crippen LogP contribution >= 0.6 is 0 Å².